The molecular formula is C22H25N3O3S. The number of piperidine rings is 1. The number of carbonyl (C=O) groups excluding carboxylic acids is 1. The van der Waals surface area contributed by atoms with Gasteiger partial charge in [0.15, 0.2) is 0 Å². The minimum absolute atomic E-state index is 0.0261. The van der Waals surface area contributed by atoms with Gasteiger partial charge in [-0.2, -0.15) is 0 Å². The maximum Gasteiger partial charge on any atom is 0.245 e. The molecule has 1 aromatic heterocycles. The van der Waals surface area contributed by atoms with E-state index in [2.05, 4.69) is 4.72 Å². The van der Waals surface area contributed by atoms with Crippen LogP contribution >= 0.6 is 0 Å². The second-order valence-corrected chi connectivity index (χ2v) is 9.46. The van der Waals surface area contributed by atoms with Crippen LogP contribution in [-0.2, 0) is 14.8 Å². The Bertz CT molecular complexity index is 1100. The molecule has 1 aliphatic heterocycles. The third-order valence-electron chi connectivity index (χ3n) is 5.63. The first kappa shape index (κ1) is 19.5. The van der Waals surface area contributed by atoms with E-state index in [1.54, 1.807) is 29.2 Å². The zero-order valence-corrected chi connectivity index (χ0v) is 17.2. The quantitative estimate of drug-likeness (QED) is 0.697. The fourth-order valence-electron chi connectivity index (χ4n) is 3.97. The van der Waals surface area contributed by atoms with Gasteiger partial charge in [-0.3, -0.25) is 9.52 Å². The number of para-hydroxylation sites is 2. The predicted octanol–water partition coefficient (Wildman–Crippen LogP) is 3.64. The van der Waals surface area contributed by atoms with Gasteiger partial charge < -0.3 is 9.47 Å². The lowest BCUT2D eigenvalue weighted by Gasteiger charge is -2.33. The molecule has 2 aromatic carbocycles. The molecule has 0 aliphatic carbocycles. The number of benzene rings is 2. The number of amides is 1. The number of fused-ring (bicyclic) bond motifs is 1. The predicted molar refractivity (Wildman–Crippen MR) is 115 cm³/mol. The van der Waals surface area contributed by atoms with Crippen molar-refractivity contribution in [2.24, 2.45) is 0 Å². The van der Waals surface area contributed by atoms with Crippen LogP contribution in [0, 0.1) is 0 Å². The number of nitrogens with one attached hydrogen (secondary N) is 1. The van der Waals surface area contributed by atoms with Crippen molar-refractivity contribution in [2.75, 3.05) is 17.8 Å². The first-order valence-electron chi connectivity index (χ1n) is 9.87. The maximum atomic E-state index is 13.0. The first-order chi connectivity index (χ1) is 14.0. The van der Waals surface area contributed by atoms with Gasteiger partial charge in [0.2, 0.25) is 15.9 Å². The summed E-state index contributed by atoms with van der Waals surface area (Å²) >= 11 is 0. The van der Waals surface area contributed by atoms with Crippen LogP contribution in [-0.4, -0.2) is 42.1 Å². The number of rotatable bonds is 5. The molecular weight excluding hydrogens is 386 g/mol. The Morgan fingerprint density at radius 1 is 1.00 bits per heavy atom. The zero-order chi connectivity index (χ0) is 20.4. The number of hydrogen-bond acceptors (Lipinski definition) is 3. The molecule has 29 heavy (non-hydrogen) atoms. The highest BCUT2D eigenvalue weighted by Crippen LogP contribution is 2.25. The summed E-state index contributed by atoms with van der Waals surface area (Å²) in [4.78, 5) is 14.8. The lowest BCUT2D eigenvalue weighted by atomic mass is 10.1. The summed E-state index contributed by atoms with van der Waals surface area (Å²) in [5, 5.41) is 0.610. The van der Waals surface area contributed by atoms with E-state index in [1.807, 2.05) is 54.1 Å². The van der Waals surface area contributed by atoms with Gasteiger partial charge >= 0.3 is 0 Å². The zero-order valence-electron chi connectivity index (χ0n) is 16.4. The highest BCUT2D eigenvalue weighted by Gasteiger charge is 2.33. The molecule has 1 fully saturated rings. The van der Waals surface area contributed by atoms with E-state index >= 15 is 0 Å². The van der Waals surface area contributed by atoms with E-state index in [0.717, 1.165) is 10.9 Å². The van der Waals surface area contributed by atoms with Crippen LogP contribution in [0.2, 0.25) is 0 Å². The summed E-state index contributed by atoms with van der Waals surface area (Å²) in [6.07, 6.45) is 2.81. The van der Waals surface area contributed by atoms with Gasteiger partial charge in [-0.05, 0) is 49.4 Å². The highest BCUT2D eigenvalue weighted by atomic mass is 32.2. The van der Waals surface area contributed by atoms with Crippen LogP contribution in [0.4, 0.5) is 5.69 Å². The Labute approximate surface area is 171 Å². The van der Waals surface area contributed by atoms with Crippen LogP contribution in [0.3, 0.4) is 0 Å². The number of aromatic nitrogens is 1. The molecule has 1 N–H and O–H groups in total. The smallest absolute Gasteiger partial charge is 0.245 e. The molecule has 1 atom stereocenters. The lowest BCUT2D eigenvalue weighted by molar-refractivity contribution is -0.135. The standard InChI is InChI=1S/C22H25N3O3S/c1-17(25-16-11-18-7-5-6-10-21(18)25)22(26)24-14-12-20(13-15-24)29(27,28)23-19-8-3-2-4-9-19/h2-11,16-17,20,23H,12-15H2,1H3. The topological polar surface area (TPSA) is 71.4 Å². The van der Waals surface area contributed by atoms with Crippen LogP contribution < -0.4 is 4.72 Å². The minimum atomic E-state index is -3.47. The van der Waals surface area contributed by atoms with E-state index in [1.165, 1.54) is 0 Å². The molecule has 1 aliphatic rings. The summed E-state index contributed by atoms with van der Waals surface area (Å²) < 4.78 is 30.0. The van der Waals surface area contributed by atoms with Crippen molar-refractivity contribution < 1.29 is 13.2 Å². The lowest BCUT2D eigenvalue weighted by Crippen LogP contribution is -2.45. The normalized spacial score (nSPS) is 16.7. The van der Waals surface area contributed by atoms with Crippen LogP contribution in [0.25, 0.3) is 10.9 Å². The highest BCUT2D eigenvalue weighted by molar-refractivity contribution is 7.93. The van der Waals surface area contributed by atoms with Crippen molar-refractivity contribution in [3.8, 4) is 0 Å². The third kappa shape index (κ3) is 4.00. The number of anilines is 1. The third-order valence-corrected chi connectivity index (χ3v) is 7.50. The van der Waals surface area contributed by atoms with Crippen LogP contribution in [0.1, 0.15) is 25.8 Å². The minimum Gasteiger partial charge on any atom is -0.341 e. The van der Waals surface area contributed by atoms with Gasteiger partial charge in [0.1, 0.15) is 6.04 Å². The van der Waals surface area contributed by atoms with Crippen LogP contribution in [0.15, 0.2) is 66.9 Å². The molecule has 2 heterocycles. The van der Waals surface area contributed by atoms with Crippen molar-refractivity contribution in [1.29, 1.82) is 0 Å². The van der Waals surface area contributed by atoms with E-state index in [4.69, 9.17) is 0 Å². The molecule has 4 rings (SSSR count). The van der Waals surface area contributed by atoms with Crippen molar-refractivity contribution in [1.82, 2.24) is 9.47 Å². The van der Waals surface area contributed by atoms with E-state index in [-0.39, 0.29) is 11.9 Å². The average Bonchev–Trinajstić information content (AvgIpc) is 3.17. The molecule has 7 heteroatoms. The summed E-state index contributed by atoms with van der Waals surface area (Å²) in [5.41, 5.74) is 1.59. The van der Waals surface area contributed by atoms with Gasteiger partial charge in [0.05, 0.1) is 5.25 Å². The Kier molecular flexibility index (Phi) is 5.32. The average molecular weight is 412 g/mol. The molecule has 152 valence electrons. The van der Waals surface area contributed by atoms with Gasteiger partial charge in [0.25, 0.3) is 0 Å². The van der Waals surface area contributed by atoms with Crippen molar-refractivity contribution in [2.45, 2.75) is 31.1 Å². The molecule has 3 aromatic rings. The summed E-state index contributed by atoms with van der Waals surface area (Å²) in [6, 6.07) is 18.6. The van der Waals surface area contributed by atoms with Crippen LogP contribution in [0.5, 0.6) is 0 Å². The Balaban J connectivity index is 1.40. The second kappa shape index (κ2) is 7.91. The van der Waals surface area contributed by atoms with Crippen molar-refractivity contribution in [3.63, 3.8) is 0 Å². The van der Waals surface area contributed by atoms with E-state index in [9.17, 15) is 13.2 Å². The number of hydrogen-bond donors (Lipinski definition) is 1. The second-order valence-electron chi connectivity index (χ2n) is 7.50. The fraction of sp³-hybridized carbons (Fsp3) is 0.318. The molecule has 0 bridgehead atoms. The monoisotopic (exact) mass is 411 g/mol. The molecule has 6 nitrogen and oxygen atoms in total. The Hall–Kier alpha value is -2.80. The summed E-state index contributed by atoms with van der Waals surface area (Å²) in [7, 11) is -3.47. The van der Waals surface area contributed by atoms with Crippen molar-refractivity contribution >= 4 is 32.5 Å². The number of likely N-dealkylation sites (tertiary alicyclic amines) is 1. The largest absolute Gasteiger partial charge is 0.341 e. The molecule has 1 unspecified atom stereocenters. The summed E-state index contributed by atoms with van der Waals surface area (Å²) in [6.45, 7) is 2.79. The van der Waals surface area contributed by atoms with Gasteiger partial charge in [-0.15, -0.1) is 0 Å². The SMILES string of the molecule is CC(C(=O)N1CCC(S(=O)(=O)Nc2ccccc2)CC1)n1ccc2ccccc21. The Morgan fingerprint density at radius 2 is 1.66 bits per heavy atom. The maximum absolute atomic E-state index is 13.0. The van der Waals surface area contributed by atoms with Gasteiger partial charge in [0, 0.05) is 30.5 Å². The van der Waals surface area contributed by atoms with Gasteiger partial charge in [-0.1, -0.05) is 36.4 Å². The van der Waals surface area contributed by atoms with Crippen molar-refractivity contribution in [3.05, 3.63) is 66.9 Å². The number of carbonyl (C=O) groups is 1. The number of sulfonamides is 1. The van der Waals surface area contributed by atoms with E-state index in [0.29, 0.717) is 31.6 Å². The first-order valence-corrected chi connectivity index (χ1v) is 11.4. The van der Waals surface area contributed by atoms with Gasteiger partial charge in [-0.25, -0.2) is 8.42 Å². The molecule has 0 radical (unpaired) electrons. The van der Waals surface area contributed by atoms with E-state index < -0.39 is 15.3 Å². The molecule has 0 saturated carbocycles. The Morgan fingerprint density at radius 3 is 2.38 bits per heavy atom. The summed E-state index contributed by atoms with van der Waals surface area (Å²) in [5.74, 6) is 0.0261. The molecule has 1 saturated heterocycles. The molecule has 0 spiro atoms. The number of nitrogens with zero attached hydrogens (tertiary/aromatic N) is 2. The molecule has 1 amide bonds. The fourth-order valence-corrected chi connectivity index (χ4v) is 5.43.